The standard InChI is InChI=1S/C12H16F3NO/c1-7(2)10-11(12(13,14)15)16-9(17-10)6-5-8-3-4-8/h7-8H,3-6H2,1-2H3. The van der Waals surface area contributed by atoms with Gasteiger partial charge in [-0.3, -0.25) is 0 Å². The molecule has 0 aromatic carbocycles. The molecule has 1 saturated carbocycles. The minimum Gasteiger partial charge on any atom is -0.445 e. The van der Waals surface area contributed by atoms with Gasteiger partial charge in [0.05, 0.1) is 0 Å². The molecule has 0 bridgehead atoms. The maximum absolute atomic E-state index is 12.7. The summed E-state index contributed by atoms with van der Waals surface area (Å²) < 4.78 is 43.4. The molecule has 2 nitrogen and oxygen atoms in total. The third-order valence-corrected chi connectivity index (χ3v) is 2.95. The number of oxazole rings is 1. The zero-order valence-electron chi connectivity index (χ0n) is 9.97. The highest BCUT2D eigenvalue weighted by Gasteiger charge is 2.39. The van der Waals surface area contributed by atoms with E-state index in [4.69, 9.17) is 4.42 Å². The average Bonchev–Trinajstić information content (AvgIpc) is 2.91. The summed E-state index contributed by atoms with van der Waals surface area (Å²) in [6.07, 6.45) is -0.648. The van der Waals surface area contributed by atoms with Crippen molar-refractivity contribution in [2.75, 3.05) is 0 Å². The number of rotatable bonds is 4. The van der Waals surface area contributed by atoms with Crippen molar-refractivity contribution in [1.29, 1.82) is 0 Å². The molecule has 0 radical (unpaired) electrons. The predicted molar refractivity (Wildman–Crippen MR) is 56.6 cm³/mol. The van der Waals surface area contributed by atoms with Crippen LogP contribution in [0.3, 0.4) is 0 Å². The second kappa shape index (κ2) is 4.35. The van der Waals surface area contributed by atoms with Crippen molar-refractivity contribution in [2.45, 2.75) is 51.6 Å². The van der Waals surface area contributed by atoms with Gasteiger partial charge in [0, 0.05) is 12.3 Å². The smallest absolute Gasteiger partial charge is 0.436 e. The predicted octanol–water partition coefficient (Wildman–Crippen LogP) is 4.16. The lowest BCUT2D eigenvalue weighted by molar-refractivity contribution is -0.142. The number of halogens is 3. The summed E-state index contributed by atoms with van der Waals surface area (Å²) in [4.78, 5) is 3.61. The molecule has 0 spiro atoms. The quantitative estimate of drug-likeness (QED) is 0.798. The molecule has 0 aliphatic heterocycles. The van der Waals surface area contributed by atoms with Crippen LogP contribution in [0, 0.1) is 5.92 Å². The summed E-state index contributed by atoms with van der Waals surface area (Å²) in [5.74, 6) is 0.559. The van der Waals surface area contributed by atoms with Gasteiger partial charge in [-0.25, -0.2) is 4.98 Å². The Bertz CT molecular complexity index is 391. The van der Waals surface area contributed by atoms with E-state index in [0.29, 0.717) is 12.3 Å². The first kappa shape index (κ1) is 12.5. The van der Waals surface area contributed by atoms with Gasteiger partial charge >= 0.3 is 6.18 Å². The molecule has 1 aliphatic carbocycles. The van der Waals surface area contributed by atoms with Crippen LogP contribution in [0.2, 0.25) is 0 Å². The van der Waals surface area contributed by atoms with E-state index in [1.54, 1.807) is 13.8 Å². The Kier molecular flexibility index (Phi) is 3.19. The Morgan fingerprint density at radius 2 is 2.00 bits per heavy atom. The Labute approximate surface area is 98.2 Å². The molecule has 96 valence electrons. The topological polar surface area (TPSA) is 26.0 Å². The van der Waals surface area contributed by atoms with Crippen LogP contribution >= 0.6 is 0 Å². The van der Waals surface area contributed by atoms with Crippen LogP contribution in [-0.4, -0.2) is 4.98 Å². The fourth-order valence-corrected chi connectivity index (χ4v) is 1.81. The summed E-state index contributed by atoms with van der Waals surface area (Å²) in [5, 5.41) is 0. The molecular weight excluding hydrogens is 231 g/mol. The lowest BCUT2D eigenvalue weighted by Crippen LogP contribution is -2.09. The van der Waals surface area contributed by atoms with Crippen molar-refractivity contribution in [1.82, 2.24) is 4.98 Å². The normalized spacial score (nSPS) is 16.8. The van der Waals surface area contributed by atoms with Gasteiger partial charge in [-0.15, -0.1) is 0 Å². The fourth-order valence-electron chi connectivity index (χ4n) is 1.81. The molecule has 1 aromatic rings. The maximum Gasteiger partial charge on any atom is 0.436 e. The summed E-state index contributed by atoms with van der Waals surface area (Å²) in [5.41, 5.74) is -0.849. The van der Waals surface area contributed by atoms with Crippen LogP contribution in [0.1, 0.15) is 56.4 Å². The molecule has 0 saturated heterocycles. The van der Waals surface area contributed by atoms with Crippen molar-refractivity contribution < 1.29 is 17.6 Å². The minimum atomic E-state index is -4.42. The van der Waals surface area contributed by atoms with Crippen molar-refractivity contribution in [2.24, 2.45) is 5.92 Å². The zero-order chi connectivity index (χ0) is 12.6. The largest absolute Gasteiger partial charge is 0.445 e. The van der Waals surface area contributed by atoms with Crippen molar-refractivity contribution >= 4 is 0 Å². The highest BCUT2D eigenvalue weighted by Crippen LogP contribution is 2.37. The van der Waals surface area contributed by atoms with Gasteiger partial charge in [-0.1, -0.05) is 26.7 Å². The molecular formula is C12H16F3NO. The molecule has 1 aliphatic rings. The fraction of sp³-hybridized carbons (Fsp3) is 0.750. The minimum absolute atomic E-state index is 0.0386. The van der Waals surface area contributed by atoms with E-state index in [9.17, 15) is 13.2 Å². The highest BCUT2D eigenvalue weighted by atomic mass is 19.4. The number of aromatic nitrogens is 1. The van der Waals surface area contributed by atoms with Crippen LogP contribution in [-0.2, 0) is 12.6 Å². The molecule has 0 amide bonds. The number of alkyl halides is 3. The Balaban J connectivity index is 2.17. The van der Waals surface area contributed by atoms with Gasteiger partial charge in [0.2, 0.25) is 0 Å². The van der Waals surface area contributed by atoms with Gasteiger partial charge in [-0.05, 0) is 12.3 Å². The second-order valence-corrected chi connectivity index (χ2v) is 4.95. The van der Waals surface area contributed by atoms with Crippen LogP contribution in [0.15, 0.2) is 4.42 Å². The SMILES string of the molecule is CC(C)c1oc(CCC2CC2)nc1C(F)(F)F. The molecule has 17 heavy (non-hydrogen) atoms. The molecule has 0 N–H and O–H groups in total. The first-order valence-electron chi connectivity index (χ1n) is 5.94. The van der Waals surface area contributed by atoms with E-state index in [0.717, 1.165) is 6.42 Å². The number of hydrogen-bond donors (Lipinski definition) is 0. The Morgan fingerprint density at radius 1 is 1.35 bits per heavy atom. The number of aryl methyl sites for hydroxylation is 1. The molecule has 0 unspecified atom stereocenters. The second-order valence-electron chi connectivity index (χ2n) is 4.95. The van der Waals surface area contributed by atoms with E-state index in [1.165, 1.54) is 12.8 Å². The van der Waals surface area contributed by atoms with E-state index >= 15 is 0 Å². The highest BCUT2D eigenvalue weighted by molar-refractivity contribution is 5.17. The third-order valence-electron chi connectivity index (χ3n) is 2.95. The first-order chi connectivity index (χ1) is 7.88. The Hall–Kier alpha value is -1.00. The summed E-state index contributed by atoms with van der Waals surface area (Å²) in [7, 11) is 0. The molecule has 1 heterocycles. The van der Waals surface area contributed by atoms with Gasteiger partial charge in [0.15, 0.2) is 11.6 Å². The number of hydrogen-bond acceptors (Lipinski definition) is 2. The maximum atomic E-state index is 12.7. The van der Waals surface area contributed by atoms with E-state index in [-0.39, 0.29) is 17.6 Å². The summed E-state index contributed by atoms with van der Waals surface area (Å²) in [6, 6.07) is 0. The van der Waals surface area contributed by atoms with E-state index in [2.05, 4.69) is 4.98 Å². The molecule has 5 heteroatoms. The van der Waals surface area contributed by atoms with E-state index in [1.807, 2.05) is 0 Å². The van der Waals surface area contributed by atoms with Gasteiger partial charge in [-0.2, -0.15) is 13.2 Å². The summed E-state index contributed by atoms with van der Waals surface area (Å²) >= 11 is 0. The van der Waals surface area contributed by atoms with Crippen molar-refractivity contribution in [3.63, 3.8) is 0 Å². The first-order valence-corrected chi connectivity index (χ1v) is 5.94. The van der Waals surface area contributed by atoms with E-state index < -0.39 is 11.9 Å². The van der Waals surface area contributed by atoms with Gasteiger partial charge in [0.25, 0.3) is 0 Å². The Morgan fingerprint density at radius 3 is 2.41 bits per heavy atom. The van der Waals surface area contributed by atoms with Crippen LogP contribution < -0.4 is 0 Å². The number of nitrogens with zero attached hydrogens (tertiary/aromatic N) is 1. The molecule has 0 atom stereocenters. The summed E-state index contributed by atoms with van der Waals surface area (Å²) in [6.45, 7) is 3.36. The van der Waals surface area contributed by atoms with Gasteiger partial charge in [0.1, 0.15) is 5.76 Å². The molecule has 1 aromatic heterocycles. The lowest BCUT2D eigenvalue weighted by atomic mass is 10.1. The molecule has 2 rings (SSSR count). The zero-order valence-corrected chi connectivity index (χ0v) is 9.97. The average molecular weight is 247 g/mol. The van der Waals surface area contributed by atoms with Crippen molar-refractivity contribution in [3.8, 4) is 0 Å². The van der Waals surface area contributed by atoms with Crippen LogP contribution in [0.4, 0.5) is 13.2 Å². The third kappa shape index (κ3) is 3.01. The van der Waals surface area contributed by atoms with Crippen LogP contribution in [0.25, 0.3) is 0 Å². The monoisotopic (exact) mass is 247 g/mol. The van der Waals surface area contributed by atoms with Crippen molar-refractivity contribution in [3.05, 3.63) is 17.3 Å². The van der Waals surface area contributed by atoms with Crippen LogP contribution in [0.5, 0.6) is 0 Å². The molecule has 1 fully saturated rings. The lowest BCUT2D eigenvalue weighted by Gasteiger charge is -2.06. The van der Waals surface area contributed by atoms with Gasteiger partial charge < -0.3 is 4.42 Å².